The normalized spacial score (nSPS) is 13.5. The van der Waals surface area contributed by atoms with E-state index in [0.717, 1.165) is 19.4 Å². The molecule has 1 aliphatic rings. The highest BCUT2D eigenvalue weighted by Gasteiger charge is 2.05. The summed E-state index contributed by atoms with van der Waals surface area (Å²) in [5.74, 6) is 0.0180. The minimum Gasteiger partial charge on any atom is -0.370 e. The maximum absolute atomic E-state index is 7.54. The molecule has 0 saturated heterocycles. The SMILES string of the molecule is CN(CCC1=CCC=C1)C(=N)N=C(N)N. The van der Waals surface area contributed by atoms with Crippen molar-refractivity contribution in [2.24, 2.45) is 16.5 Å². The van der Waals surface area contributed by atoms with Gasteiger partial charge in [-0.1, -0.05) is 23.8 Å². The Balaban J connectivity index is 2.35. The smallest absolute Gasteiger partial charge is 0.220 e. The molecule has 0 bridgehead atoms. The van der Waals surface area contributed by atoms with Crippen LogP contribution < -0.4 is 11.5 Å². The lowest BCUT2D eigenvalue weighted by Gasteiger charge is -2.16. The van der Waals surface area contributed by atoms with E-state index in [1.807, 2.05) is 0 Å². The fraction of sp³-hybridized carbons (Fsp3) is 0.400. The summed E-state index contributed by atoms with van der Waals surface area (Å²) in [6.07, 6.45) is 8.34. The van der Waals surface area contributed by atoms with Crippen LogP contribution in [-0.2, 0) is 0 Å². The third-order valence-corrected chi connectivity index (χ3v) is 2.18. The first-order valence-electron chi connectivity index (χ1n) is 4.84. The van der Waals surface area contributed by atoms with Crippen LogP contribution in [0.15, 0.2) is 28.8 Å². The number of hydrogen-bond donors (Lipinski definition) is 3. The van der Waals surface area contributed by atoms with Gasteiger partial charge in [-0.2, -0.15) is 4.99 Å². The number of nitrogens with one attached hydrogen (secondary N) is 1. The van der Waals surface area contributed by atoms with Crippen molar-refractivity contribution in [2.75, 3.05) is 13.6 Å². The predicted octanol–water partition coefficient (Wildman–Crippen LogP) is 0.403. The van der Waals surface area contributed by atoms with Crippen LogP contribution >= 0.6 is 0 Å². The van der Waals surface area contributed by atoms with Gasteiger partial charge in [-0.05, 0) is 12.8 Å². The Kier molecular flexibility index (Phi) is 3.91. The van der Waals surface area contributed by atoms with Gasteiger partial charge in [0.1, 0.15) is 0 Å². The van der Waals surface area contributed by atoms with Crippen LogP contribution in [0.2, 0.25) is 0 Å². The fourth-order valence-corrected chi connectivity index (χ4v) is 1.30. The Morgan fingerprint density at radius 1 is 1.60 bits per heavy atom. The third-order valence-electron chi connectivity index (χ3n) is 2.18. The first kappa shape index (κ1) is 11.3. The average Bonchev–Trinajstić information content (AvgIpc) is 2.65. The van der Waals surface area contributed by atoms with Crippen LogP contribution in [0.1, 0.15) is 12.8 Å². The topological polar surface area (TPSA) is 91.5 Å². The van der Waals surface area contributed by atoms with Gasteiger partial charge in [0.15, 0.2) is 5.96 Å². The molecule has 0 aromatic carbocycles. The molecule has 5 nitrogen and oxygen atoms in total. The number of nitrogens with zero attached hydrogens (tertiary/aromatic N) is 2. The zero-order valence-corrected chi connectivity index (χ0v) is 8.90. The van der Waals surface area contributed by atoms with Crippen molar-refractivity contribution < 1.29 is 0 Å². The fourth-order valence-electron chi connectivity index (χ4n) is 1.30. The molecule has 0 fully saturated rings. The van der Waals surface area contributed by atoms with Gasteiger partial charge in [0.25, 0.3) is 0 Å². The van der Waals surface area contributed by atoms with E-state index in [-0.39, 0.29) is 11.9 Å². The second-order valence-electron chi connectivity index (χ2n) is 3.45. The van der Waals surface area contributed by atoms with Crippen LogP contribution in [0.25, 0.3) is 0 Å². The number of guanidine groups is 2. The molecule has 0 aliphatic heterocycles. The third kappa shape index (κ3) is 3.84. The summed E-state index contributed by atoms with van der Waals surface area (Å²) in [5.41, 5.74) is 11.7. The molecule has 5 N–H and O–H groups in total. The first-order chi connectivity index (χ1) is 7.09. The highest BCUT2D eigenvalue weighted by Crippen LogP contribution is 2.12. The van der Waals surface area contributed by atoms with E-state index >= 15 is 0 Å². The van der Waals surface area contributed by atoms with E-state index < -0.39 is 0 Å². The molecule has 0 unspecified atom stereocenters. The molecule has 0 atom stereocenters. The zero-order chi connectivity index (χ0) is 11.3. The lowest BCUT2D eigenvalue weighted by molar-refractivity contribution is 0.500. The van der Waals surface area contributed by atoms with E-state index in [1.165, 1.54) is 5.57 Å². The summed E-state index contributed by atoms with van der Waals surface area (Å²) in [7, 11) is 1.80. The zero-order valence-electron chi connectivity index (χ0n) is 8.90. The number of allylic oxidation sites excluding steroid dienone is 3. The summed E-state index contributed by atoms with van der Waals surface area (Å²) >= 11 is 0. The molecule has 82 valence electrons. The maximum atomic E-state index is 7.54. The Morgan fingerprint density at radius 3 is 2.87 bits per heavy atom. The van der Waals surface area contributed by atoms with Crippen LogP contribution in [0, 0.1) is 5.41 Å². The minimum atomic E-state index is -0.0770. The van der Waals surface area contributed by atoms with E-state index in [1.54, 1.807) is 11.9 Å². The lowest BCUT2D eigenvalue weighted by atomic mass is 10.2. The van der Waals surface area contributed by atoms with Crippen molar-refractivity contribution in [3.05, 3.63) is 23.8 Å². The molecule has 1 rings (SSSR count). The average molecular weight is 207 g/mol. The second kappa shape index (κ2) is 5.19. The summed E-state index contributed by atoms with van der Waals surface area (Å²) in [4.78, 5) is 5.38. The van der Waals surface area contributed by atoms with Crippen molar-refractivity contribution >= 4 is 11.9 Å². The van der Waals surface area contributed by atoms with Crippen molar-refractivity contribution in [3.8, 4) is 0 Å². The van der Waals surface area contributed by atoms with Gasteiger partial charge in [0.2, 0.25) is 5.96 Å². The van der Waals surface area contributed by atoms with E-state index in [4.69, 9.17) is 16.9 Å². The van der Waals surface area contributed by atoms with Gasteiger partial charge in [-0.15, -0.1) is 0 Å². The number of rotatable bonds is 3. The second-order valence-corrected chi connectivity index (χ2v) is 3.45. The Labute approximate surface area is 89.7 Å². The van der Waals surface area contributed by atoms with Gasteiger partial charge in [-0.25, -0.2) is 0 Å². The van der Waals surface area contributed by atoms with Gasteiger partial charge in [0.05, 0.1) is 0 Å². The summed E-state index contributed by atoms with van der Waals surface area (Å²) < 4.78 is 0. The number of aliphatic imine (C=N–C) groups is 1. The Hall–Kier alpha value is -1.78. The quantitative estimate of drug-likeness (QED) is 0.462. The van der Waals surface area contributed by atoms with Crippen LogP contribution in [-0.4, -0.2) is 30.4 Å². The van der Waals surface area contributed by atoms with Crippen LogP contribution in [0.5, 0.6) is 0 Å². The molecule has 15 heavy (non-hydrogen) atoms. The largest absolute Gasteiger partial charge is 0.370 e. The first-order valence-corrected chi connectivity index (χ1v) is 4.84. The molecule has 0 radical (unpaired) electrons. The summed E-state index contributed by atoms with van der Waals surface area (Å²) in [5, 5.41) is 7.54. The molecule has 0 spiro atoms. The molecular weight excluding hydrogens is 190 g/mol. The minimum absolute atomic E-state index is 0.0770. The molecule has 0 heterocycles. The monoisotopic (exact) mass is 207 g/mol. The molecule has 5 heteroatoms. The maximum Gasteiger partial charge on any atom is 0.220 e. The molecule has 0 saturated carbocycles. The van der Waals surface area contributed by atoms with Gasteiger partial charge >= 0.3 is 0 Å². The van der Waals surface area contributed by atoms with Crippen LogP contribution in [0.4, 0.5) is 0 Å². The predicted molar refractivity (Wildman–Crippen MR) is 62.6 cm³/mol. The van der Waals surface area contributed by atoms with E-state index in [2.05, 4.69) is 23.2 Å². The Bertz CT molecular complexity index is 323. The number of nitrogens with two attached hydrogens (primary N) is 2. The molecule has 0 amide bonds. The highest BCUT2D eigenvalue weighted by atomic mass is 15.2. The van der Waals surface area contributed by atoms with Gasteiger partial charge in [-0.3, -0.25) is 5.41 Å². The van der Waals surface area contributed by atoms with Gasteiger partial charge < -0.3 is 16.4 Å². The lowest BCUT2D eigenvalue weighted by Crippen LogP contribution is -2.31. The van der Waals surface area contributed by atoms with Crippen molar-refractivity contribution in [2.45, 2.75) is 12.8 Å². The molecular formula is C10H17N5. The van der Waals surface area contributed by atoms with Crippen molar-refractivity contribution in [3.63, 3.8) is 0 Å². The molecule has 0 aromatic rings. The van der Waals surface area contributed by atoms with E-state index in [9.17, 15) is 0 Å². The van der Waals surface area contributed by atoms with Crippen molar-refractivity contribution in [1.82, 2.24) is 4.90 Å². The molecule has 1 aliphatic carbocycles. The van der Waals surface area contributed by atoms with E-state index in [0.29, 0.717) is 0 Å². The molecule has 0 aromatic heterocycles. The summed E-state index contributed by atoms with van der Waals surface area (Å²) in [6, 6.07) is 0. The van der Waals surface area contributed by atoms with Crippen molar-refractivity contribution in [1.29, 1.82) is 5.41 Å². The van der Waals surface area contributed by atoms with Gasteiger partial charge in [0, 0.05) is 13.6 Å². The standard InChI is InChI=1S/C10H17N5/c1-15(10(13)14-9(11)12)7-6-8-4-2-3-5-8/h2,4-5H,3,6-7H2,1H3,(H5,11,12,13,14). The highest BCUT2D eigenvalue weighted by molar-refractivity contribution is 5.91. The Morgan fingerprint density at radius 2 is 2.33 bits per heavy atom. The van der Waals surface area contributed by atoms with Crippen LogP contribution in [0.3, 0.4) is 0 Å². The number of hydrogen-bond acceptors (Lipinski definition) is 1. The summed E-state index contributed by atoms with van der Waals surface area (Å²) in [6.45, 7) is 0.742.